The largest absolute Gasteiger partial charge is 0.395 e. The minimum absolute atomic E-state index is 0.0313. The van der Waals surface area contributed by atoms with Crippen LogP contribution in [0.3, 0.4) is 0 Å². The van der Waals surface area contributed by atoms with Gasteiger partial charge in [-0.05, 0) is 0 Å². The number of amides is 1. The Bertz CT molecular complexity index is 352. The summed E-state index contributed by atoms with van der Waals surface area (Å²) in [5.41, 5.74) is 0.0313. The minimum atomic E-state index is -0.301. The number of nitrogens with zero attached hydrogens (tertiary/aromatic N) is 3. The van der Waals surface area contributed by atoms with E-state index in [1.807, 2.05) is 6.07 Å². The average molecular weight is 268 g/mol. The maximum absolute atomic E-state index is 12.1. The first kappa shape index (κ1) is 15.4. The molecule has 0 aromatic rings. The maximum atomic E-state index is 12.1. The Morgan fingerprint density at radius 1 is 1.32 bits per heavy atom. The lowest BCUT2D eigenvalue weighted by Gasteiger charge is -2.27. The lowest BCUT2D eigenvalue weighted by molar-refractivity contribution is -0.127. The van der Waals surface area contributed by atoms with Gasteiger partial charge in [0.2, 0.25) is 0 Å². The molecule has 1 aliphatic rings. The first-order valence-electron chi connectivity index (χ1n) is 6.30. The van der Waals surface area contributed by atoms with E-state index >= 15 is 0 Å². The number of aliphatic hydroxyl groups excluding tert-OH is 2. The fraction of sp³-hybridized carbons (Fsp3) is 0.667. The van der Waals surface area contributed by atoms with Crippen molar-refractivity contribution in [1.29, 1.82) is 5.26 Å². The molecule has 0 aliphatic carbocycles. The molecular formula is C12H20N4O3. The van der Waals surface area contributed by atoms with Gasteiger partial charge in [0.15, 0.2) is 0 Å². The zero-order valence-corrected chi connectivity index (χ0v) is 10.9. The van der Waals surface area contributed by atoms with Crippen LogP contribution in [0.4, 0.5) is 0 Å². The molecule has 19 heavy (non-hydrogen) atoms. The van der Waals surface area contributed by atoms with Gasteiger partial charge >= 0.3 is 0 Å². The van der Waals surface area contributed by atoms with E-state index in [0.29, 0.717) is 13.1 Å². The van der Waals surface area contributed by atoms with E-state index in [4.69, 9.17) is 15.5 Å². The molecule has 1 saturated heterocycles. The number of hydrogen-bond acceptors (Lipinski definition) is 6. The monoisotopic (exact) mass is 268 g/mol. The smallest absolute Gasteiger partial charge is 0.266 e. The SMILES string of the molecule is N#C/C(=C/N(CCO)CCO)C(=O)N1CCNCC1. The maximum Gasteiger partial charge on any atom is 0.266 e. The summed E-state index contributed by atoms with van der Waals surface area (Å²) in [6.45, 7) is 2.97. The van der Waals surface area contributed by atoms with Gasteiger partial charge in [-0.1, -0.05) is 0 Å². The van der Waals surface area contributed by atoms with Crippen LogP contribution in [-0.2, 0) is 4.79 Å². The van der Waals surface area contributed by atoms with Crippen LogP contribution in [0.25, 0.3) is 0 Å². The third kappa shape index (κ3) is 4.87. The molecule has 1 heterocycles. The second kappa shape index (κ2) is 8.48. The molecule has 106 valence electrons. The fourth-order valence-corrected chi connectivity index (χ4v) is 1.85. The lowest BCUT2D eigenvalue weighted by Crippen LogP contribution is -2.47. The summed E-state index contributed by atoms with van der Waals surface area (Å²) in [5, 5.41) is 30.0. The second-order valence-electron chi connectivity index (χ2n) is 4.18. The fourth-order valence-electron chi connectivity index (χ4n) is 1.85. The summed E-state index contributed by atoms with van der Waals surface area (Å²) < 4.78 is 0. The first-order valence-corrected chi connectivity index (χ1v) is 6.30. The third-order valence-corrected chi connectivity index (χ3v) is 2.84. The van der Waals surface area contributed by atoms with E-state index in [9.17, 15) is 4.79 Å². The molecule has 7 nitrogen and oxygen atoms in total. The van der Waals surface area contributed by atoms with Gasteiger partial charge in [-0.2, -0.15) is 5.26 Å². The molecule has 0 bridgehead atoms. The molecule has 0 aromatic carbocycles. The normalized spacial score (nSPS) is 16.1. The van der Waals surface area contributed by atoms with Gasteiger partial charge in [-0.3, -0.25) is 4.79 Å². The van der Waals surface area contributed by atoms with E-state index in [2.05, 4.69) is 5.32 Å². The van der Waals surface area contributed by atoms with Crippen molar-refractivity contribution in [3.8, 4) is 6.07 Å². The van der Waals surface area contributed by atoms with Crippen LogP contribution in [-0.4, -0.2) is 78.4 Å². The zero-order valence-electron chi connectivity index (χ0n) is 10.9. The van der Waals surface area contributed by atoms with E-state index in [1.165, 1.54) is 6.20 Å². The van der Waals surface area contributed by atoms with Gasteiger partial charge in [0.25, 0.3) is 5.91 Å². The molecule has 1 amide bonds. The average Bonchev–Trinajstić information content (AvgIpc) is 2.45. The number of hydrogen-bond donors (Lipinski definition) is 3. The number of rotatable bonds is 6. The topological polar surface area (TPSA) is 99.8 Å². The summed E-state index contributed by atoms with van der Waals surface area (Å²) in [4.78, 5) is 15.3. The Balaban J connectivity index is 2.73. The van der Waals surface area contributed by atoms with Crippen molar-refractivity contribution in [2.75, 3.05) is 52.5 Å². The van der Waals surface area contributed by atoms with Crippen LogP contribution in [0.1, 0.15) is 0 Å². The van der Waals surface area contributed by atoms with Gasteiger partial charge in [0.05, 0.1) is 13.2 Å². The van der Waals surface area contributed by atoms with Crippen LogP contribution in [0.5, 0.6) is 0 Å². The Labute approximate surface area is 112 Å². The van der Waals surface area contributed by atoms with E-state index < -0.39 is 0 Å². The minimum Gasteiger partial charge on any atom is -0.395 e. The van der Waals surface area contributed by atoms with Crippen molar-refractivity contribution >= 4 is 5.91 Å². The molecule has 7 heteroatoms. The molecule has 1 fully saturated rings. The molecule has 1 rings (SSSR count). The van der Waals surface area contributed by atoms with Gasteiger partial charge < -0.3 is 25.3 Å². The second-order valence-corrected chi connectivity index (χ2v) is 4.18. The highest BCUT2D eigenvalue weighted by atomic mass is 16.3. The first-order chi connectivity index (χ1) is 9.22. The Kier molecular flexibility index (Phi) is 6.89. The van der Waals surface area contributed by atoms with Crippen molar-refractivity contribution in [2.45, 2.75) is 0 Å². The quantitative estimate of drug-likeness (QED) is 0.385. The molecule has 1 aliphatic heterocycles. The van der Waals surface area contributed by atoms with Crippen LogP contribution >= 0.6 is 0 Å². The Hall–Kier alpha value is -1.62. The Morgan fingerprint density at radius 3 is 2.37 bits per heavy atom. The summed E-state index contributed by atoms with van der Waals surface area (Å²) in [6, 6.07) is 1.89. The van der Waals surface area contributed by atoms with Gasteiger partial charge in [-0.15, -0.1) is 0 Å². The van der Waals surface area contributed by atoms with Gasteiger partial charge in [-0.25, -0.2) is 0 Å². The summed E-state index contributed by atoms with van der Waals surface area (Å²) in [7, 11) is 0. The molecular weight excluding hydrogens is 248 g/mol. The number of nitrogens with one attached hydrogen (secondary N) is 1. The van der Waals surface area contributed by atoms with E-state index in [0.717, 1.165) is 13.1 Å². The number of aliphatic hydroxyl groups is 2. The van der Waals surface area contributed by atoms with Crippen molar-refractivity contribution in [1.82, 2.24) is 15.1 Å². The molecule has 3 N–H and O–H groups in total. The standard InChI is InChI=1S/C12H20N4O3/c13-9-11(10-15(5-7-17)6-8-18)12(19)16-3-1-14-2-4-16/h10,14,17-18H,1-8H2/b11-10-. The van der Waals surface area contributed by atoms with Crippen LogP contribution in [0.15, 0.2) is 11.8 Å². The van der Waals surface area contributed by atoms with Crippen molar-refractivity contribution in [3.05, 3.63) is 11.8 Å². The predicted octanol–water partition coefficient (Wildman–Crippen LogP) is -1.89. The summed E-state index contributed by atoms with van der Waals surface area (Å²) in [6.07, 6.45) is 1.41. The van der Waals surface area contributed by atoms with Gasteiger partial charge in [0.1, 0.15) is 11.6 Å². The predicted molar refractivity (Wildman–Crippen MR) is 68.9 cm³/mol. The highest BCUT2D eigenvalue weighted by Crippen LogP contribution is 2.05. The number of piperazine rings is 1. The van der Waals surface area contributed by atoms with E-state index in [1.54, 1.807) is 9.80 Å². The number of carbonyl (C=O) groups excluding carboxylic acids is 1. The van der Waals surface area contributed by atoms with Gasteiger partial charge in [0, 0.05) is 45.5 Å². The zero-order chi connectivity index (χ0) is 14.1. The van der Waals surface area contributed by atoms with Crippen LogP contribution in [0, 0.1) is 11.3 Å². The molecule has 0 spiro atoms. The highest BCUT2D eigenvalue weighted by Gasteiger charge is 2.20. The number of nitriles is 1. The Morgan fingerprint density at radius 2 is 1.89 bits per heavy atom. The molecule has 0 saturated carbocycles. The van der Waals surface area contributed by atoms with Crippen molar-refractivity contribution < 1.29 is 15.0 Å². The third-order valence-electron chi connectivity index (χ3n) is 2.84. The van der Waals surface area contributed by atoms with Crippen LogP contribution < -0.4 is 5.32 Å². The lowest BCUT2D eigenvalue weighted by atomic mass is 10.2. The molecule has 0 unspecified atom stereocenters. The number of carbonyl (C=O) groups is 1. The highest BCUT2D eigenvalue weighted by molar-refractivity contribution is 5.97. The van der Waals surface area contributed by atoms with Crippen molar-refractivity contribution in [2.24, 2.45) is 0 Å². The molecule has 0 atom stereocenters. The van der Waals surface area contributed by atoms with Crippen LogP contribution in [0.2, 0.25) is 0 Å². The summed E-state index contributed by atoms with van der Waals surface area (Å²) >= 11 is 0. The van der Waals surface area contributed by atoms with E-state index in [-0.39, 0.29) is 37.8 Å². The molecule has 0 radical (unpaired) electrons. The summed E-state index contributed by atoms with van der Waals surface area (Å²) in [5.74, 6) is -0.301. The van der Waals surface area contributed by atoms with Crippen molar-refractivity contribution in [3.63, 3.8) is 0 Å². The molecule has 0 aromatic heterocycles.